The predicted molar refractivity (Wildman–Crippen MR) is 210 cm³/mol. The third-order valence-corrected chi connectivity index (χ3v) is 15.4. The molecule has 14 heteroatoms. The molecule has 11 atom stereocenters. The van der Waals surface area contributed by atoms with E-state index in [2.05, 4.69) is 14.1 Å². The van der Waals surface area contributed by atoms with Gasteiger partial charge in [-0.15, -0.1) is 0 Å². The number of ketones is 1. The summed E-state index contributed by atoms with van der Waals surface area (Å²) in [7, 11) is 4.29. The lowest BCUT2D eigenvalue weighted by Crippen LogP contribution is -3.00. The first-order chi connectivity index (χ1) is 26.7. The van der Waals surface area contributed by atoms with Gasteiger partial charge in [-0.2, -0.15) is 0 Å². The number of allylic oxidation sites excluding steroid dienone is 4. The number of fused-ring (bicyclic) bond motifs is 5. The number of likely N-dealkylation sites (tertiary alicyclic amines) is 1. The van der Waals surface area contributed by atoms with Crippen LogP contribution in [0.4, 0.5) is 13.2 Å². The van der Waals surface area contributed by atoms with Crippen LogP contribution in [0.3, 0.4) is 0 Å². The third kappa shape index (κ3) is 7.46. The number of hydrogen-bond acceptors (Lipinski definition) is 9. The van der Waals surface area contributed by atoms with E-state index >= 15 is 8.78 Å². The Labute approximate surface area is 354 Å². The van der Waals surface area contributed by atoms with Crippen LogP contribution >= 0.6 is 11.8 Å². The molecule has 4 saturated carbocycles. The zero-order valence-electron chi connectivity index (χ0n) is 34.4. The van der Waals surface area contributed by atoms with Crippen molar-refractivity contribution >= 4 is 34.6 Å². The fourth-order valence-electron chi connectivity index (χ4n) is 11.7. The van der Waals surface area contributed by atoms with Gasteiger partial charge in [0.15, 0.2) is 28.8 Å². The van der Waals surface area contributed by atoms with E-state index in [1.165, 1.54) is 19.1 Å². The molecule has 3 unspecified atom stereocenters. The van der Waals surface area contributed by atoms with E-state index in [4.69, 9.17) is 9.47 Å². The van der Waals surface area contributed by atoms with Crippen molar-refractivity contribution in [1.29, 1.82) is 0 Å². The zero-order valence-corrected chi connectivity index (χ0v) is 36.8. The van der Waals surface area contributed by atoms with E-state index in [1.807, 2.05) is 30.3 Å². The van der Waals surface area contributed by atoms with Crippen LogP contribution in [0.1, 0.15) is 91.0 Å². The SMILES string of the molecule is CCC(=O)O[C@]1(C(=O)SCF)[C@H](C)C[C@H]2C3C[C@H](F)C4=CC(=O)C=C[C@]4(C)[C@@]3(F)[C@@H](O)C[C@@]21C.C[N+]1(C)CCC(OC(=O)C(O)(c2ccccc2)C2CCCC2)C1.[Br-]. The average Bonchev–Trinajstić information content (AvgIpc) is 3.89. The van der Waals surface area contributed by atoms with Gasteiger partial charge in [-0.1, -0.05) is 70.0 Å². The highest BCUT2D eigenvalue weighted by Crippen LogP contribution is 2.72. The second-order valence-electron chi connectivity index (χ2n) is 18.4. The number of ether oxygens (including phenoxy) is 2. The molecule has 1 aromatic carbocycles. The van der Waals surface area contributed by atoms with Gasteiger partial charge in [0, 0.05) is 41.4 Å². The number of benzene rings is 1. The first-order valence-corrected chi connectivity index (χ1v) is 21.5. The number of esters is 2. The number of carbonyl (C=O) groups is 4. The Kier molecular flexibility index (Phi) is 13.7. The highest BCUT2D eigenvalue weighted by Gasteiger charge is 2.78. The van der Waals surface area contributed by atoms with Gasteiger partial charge in [-0.25, -0.2) is 18.0 Å². The van der Waals surface area contributed by atoms with Crippen molar-refractivity contribution in [2.45, 2.75) is 121 Å². The number of likely N-dealkylation sites (N-methyl/N-ethyl adjacent to an activating group) is 1. The molecule has 1 aliphatic heterocycles. The number of hydrogen-bond donors (Lipinski definition) is 2. The Balaban J connectivity index is 0.000000233. The Hall–Kier alpha value is -2.52. The van der Waals surface area contributed by atoms with Gasteiger partial charge < -0.3 is 41.2 Å². The van der Waals surface area contributed by atoms with Crippen LogP contribution < -0.4 is 17.0 Å². The Morgan fingerprint density at radius 1 is 1.05 bits per heavy atom. The highest BCUT2D eigenvalue weighted by molar-refractivity contribution is 8.13. The molecule has 0 bridgehead atoms. The molecular weight excluding hydrogens is 839 g/mol. The maximum Gasteiger partial charge on any atom is 0.343 e. The van der Waals surface area contributed by atoms with Crippen molar-refractivity contribution in [3.05, 3.63) is 59.7 Å². The number of rotatable bonds is 8. The minimum atomic E-state index is -2.30. The number of thioether (sulfide) groups is 1. The maximum absolute atomic E-state index is 17.2. The largest absolute Gasteiger partial charge is 1.00 e. The zero-order chi connectivity index (χ0) is 41.8. The normalized spacial score (nSPS) is 38.4. The van der Waals surface area contributed by atoms with Crippen molar-refractivity contribution in [1.82, 2.24) is 0 Å². The quantitative estimate of drug-likeness (QED) is 0.296. The summed E-state index contributed by atoms with van der Waals surface area (Å²) in [5.74, 6) is -3.79. The average molecular weight is 899 g/mol. The molecule has 7 rings (SSSR count). The van der Waals surface area contributed by atoms with Crippen LogP contribution in [0.5, 0.6) is 0 Å². The summed E-state index contributed by atoms with van der Waals surface area (Å²) in [5, 5.41) is 22.1. The second kappa shape index (κ2) is 17.1. The van der Waals surface area contributed by atoms with E-state index in [9.17, 15) is 33.8 Å². The standard InChI is InChI=1S/C25H31F3O5S.C19H28NO3.BrH/c1-5-20(31)33-25(21(32)34-12-26)13(2)8-15-16-10-18(27)17-9-14(29)6-7-22(17,3)24(16,28)19(30)11-23(15,25)4;1-20(2)13-12-17(14-20)23-18(21)19(22,16-10-6-7-11-16)15-8-4-3-5-9-15;/h6-7,9,13,15-16,18-19,30H,5,8,10-12H2,1-4H3;3-5,8-9,16-17,22H,6-7,10-14H2,1-2H3;1H/q;+1;/p-1/t13-,15+,16?,18+,19+,22+,23+,24+,25+;;/m1../s1. The summed E-state index contributed by atoms with van der Waals surface area (Å²) in [6, 6.07) is 8.31. The topological polar surface area (TPSA) is 127 Å². The summed E-state index contributed by atoms with van der Waals surface area (Å²) in [6.07, 6.45) is 4.84. The van der Waals surface area contributed by atoms with Crippen LogP contribution in [0.15, 0.2) is 54.1 Å². The first-order valence-electron chi connectivity index (χ1n) is 20.5. The number of aliphatic hydroxyl groups is 2. The van der Waals surface area contributed by atoms with Crippen LogP contribution in [-0.2, 0) is 34.3 Å². The summed E-state index contributed by atoms with van der Waals surface area (Å²) in [4.78, 5) is 50.7. The lowest BCUT2D eigenvalue weighted by atomic mass is 9.44. The van der Waals surface area contributed by atoms with E-state index in [1.54, 1.807) is 20.8 Å². The van der Waals surface area contributed by atoms with Gasteiger partial charge in [0.25, 0.3) is 0 Å². The lowest BCUT2D eigenvalue weighted by molar-refractivity contribution is -0.879. The number of aliphatic hydroxyl groups excluding tert-OH is 1. The van der Waals surface area contributed by atoms with Crippen molar-refractivity contribution in [2.75, 3.05) is 33.2 Å². The molecule has 0 radical (unpaired) electrons. The molecule has 5 fully saturated rings. The monoisotopic (exact) mass is 897 g/mol. The fourth-order valence-corrected chi connectivity index (χ4v) is 12.5. The smallest absolute Gasteiger partial charge is 0.343 e. The van der Waals surface area contributed by atoms with Crippen molar-refractivity contribution in [2.24, 2.45) is 34.5 Å². The number of carbonyl (C=O) groups excluding carboxylic acids is 4. The molecular formula is C44H59BrF3NO8S. The summed E-state index contributed by atoms with van der Waals surface area (Å²) < 4.78 is 58.5. The molecule has 0 spiro atoms. The highest BCUT2D eigenvalue weighted by atomic mass is 79.9. The molecule has 0 amide bonds. The van der Waals surface area contributed by atoms with Crippen LogP contribution in [0, 0.1) is 34.5 Å². The molecule has 58 heavy (non-hydrogen) atoms. The lowest BCUT2D eigenvalue weighted by Gasteiger charge is -2.63. The van der Waals surface area contributed by atoms with E-state index in [0.29, 0.717) is 17.3 Å². The molecule has 322 valence electrons. The molecule has 6 aliphatic rings. The number of nitrogens with zero attached hydrogens (tertiary/aromatic N) is 1. The molecule has 1 aromatic rings. The third-order valence-electron chi connectivity index (χ3n) is 14.7. The number of alkyl halides is 3. The van der Waals surface area contributed by atoms with Gasteiger partial charge in [-0.05, 0) is 80.0 Å². The summed E-state index contributed by atoms with van der Waals surface area (Å²) in [5.41, 5.74) is -7.67. The molecule has 2 N–H and O–H groups in total. The van der Waals surface area contributed by atoms with Gasteiger partial charge in [0.1, 0.15) is 18.7 Å². The Morgan fingerprint density at radius 3 is 2.29 bits per heavy atom. The van der Waals surface area contributed by atoms with Crippen molar-refractivity contribution < 1.29 is 73.5 Å². The number of quaternary nitrogens is 1. The van der Waals surface area contributed by atoms with Crippen LogP contribution in [0.2, 0.25) is 0 Å². The summed E-state index contributed by atoms with van der Waals surface area (Å²) >= 11 is 0.396. The van der Waals surface area contributed by atoms with E-state index in [0.717, 1.165) is 55.8 Å². The van der Waals surface area contributed by atoms with Gasteiger partial charge in [0.05, 0.1) is 26.7 Å². The fraction of sp³-hybridized carbons (Fsp3) is 0.682. The number of halogens is 4. The minimum absolute atomic E-state index is 0. The van der Waals surface area contributed by atoms with E-state index in [-0.39, 0.29) is 60.3 Å². The first kappa shape index (κ1) is 46.5. The minimum Gasteiger partial charge on any atom is -1.00 e. The summed E-state index contributed by atoms with van der Waals surface area (Å²) in [6.45, 7) is 8.28. The van der Waals surface area contributed by atoms with Gasteiger partial charge in [0.2, 0.25) is 5.12 Å². The molecule has 5 aliphatic carbocycles. The molecule has 9 nitrogen and oxygen atoms in total. The maximum atomic E-state index is 17.2. The second-order valence-corrected chi connectivity index (χ2v) is 19.2. The van der Waals surface area contributed by atoms with Crippen LogP contribution in [-0.4, -0.2) is 100 Å². The van der Waals surface area contributed by atoms with Crippen molar-refractivity contribution in [3.63, 3.8) is 0 Å². The molecule has 0 aromatic heterocycles. The Morgan fingerprint density at radius 2 is 1.71 bits per heavy atom. The Bertz CT molecular complexity index is 1790. The van der Waals surface area contributed by atoms with Crippen LogP contribution in [0.25, 0.3) is 0 Å². The molecule has 1 saturated heterocycles. The van der Waals surface area contributed by atoms with Gasteiger partial charge >= 0.3 is 11.9 Å². The molecule has 1 heterocycles. The van der Waals surface area contributed by atoms with E-state index < -0.39 is 86.6 Å². The predicted octanol–water partition coefficient (Wildman–Crippen LogP) is 3.89. The van der Waals surface area contributed by atoms with Crippen molar-refractivity contribution in [3.8, 4) is 0 Å². The van der Waals surface area contributed by atoms with Gasteiger partial charge in [-0.3, -0.25) is 14.4 Å².